The maximum atomic E-state index is 13.1. The monoisotopic (exact) mass is 529 g/mol. The lowest BCUT2D eigenvalue weighted by Crippen LogP contribution is -2.59. The first kappa shape index (κ1) is 26.0. The highest BCUT2D eigenvalue weighted by Crippen LogP contribution is 2.42. The second-order valence-electron chi connectivity index (χ2n) is 8.02. The van der Waals surface area contributed by atoms with E-state index in [9.17, 15) is 9.59 Å². The Labute approximate surface area is 214 Å². The fraction of sp³-hybridized carbons (Fsp3) is 0.391. The number of ether oxygens (including phenoxy) is 1. The predicted molar refractivity (Wildman–Crippen MR) is 135 cm³/mol. The summed E-state index contributed by atoms with van der Waals surface area (Å²) in [6, 6.07) is 12.6. The van der Waals surface area contributed by atoms with Crippen molar-refractivity contribution in [2.45, 2.75) is 24.0 Å². The zero-order chi connectivity index (χ0) is 22.7. The summed E-state index contributed by atoms with van der Waals surface area (Å²) in [7, 11) is 1.65. The summed E-state index contributed by atoms with van der Waals surface area (Å²) in [5.74, 6) is 1.11. The van der Waals surface area contributed by atoms with Crippen LogP contribution in [0.5, 0.6) is 5.75 Å². The minimum absolute atomic E-state index is 0. The third-order valence-corrected chi connectivity index (χ3v) is 8.09. The Morgan fingerprint density at radius 3 is 2.42 bits per heavy atom. The highest BCUT2D eigenvalue weighted by Gasteiger charge is 2.46. The van der Waals surface area contributed by atoms with Crippen molar-refractivity contribution in [1.82, 2.24) is 15.8 Å². The number of hydrazine groups is 1. The summed E-state index contributed by atoms with van der Waals surface area (Å²) >= 11 is 13.8. The largest absolute Gasteiger partial charge is 0.497 e. The Morgan fingerprint density at radius 1 is 1.09 bits per heavy atom. The summed E-state index contributed by atoms with van der Waals surface area (Å²) in [5.41, 5.74) is 6.59. The Balaban J connectivity index is 0.00000306. The second-order valence-corrected chi connectivity index (χ2v) is 9.96. The van der Waals surface area contributed by atoms with E-state index in [-0.39, 0.29) is 40.2 Å². The van der Waals surface area contributed by atoms with E-state index in [1.54, 1.807) is 24.9 Å². The van der Waals surface area contributed by atoms with Gasteiger partial charge in [-0.25, -0.2) is 0 Å². The minimum Gasteiger partial charge on any atom is -0.497 e. The average molecular weight is 531 g/mol. The summed E-state index contributed by atoms with van der Waals surface area (Å²) in [5, 5.41) is 0.750. The number of methoxy groups -OCH3 is 1. The molecule has 2 unspecified atom stereocenters. The van der Waals surface area contributed by atoms with Crippen LogP contribution in [0.15, 0.2) is 42.5 Å². The molecular weight excluding hydrogens is 505 g/mol. The van der Waals surface area contributed by atoms with Crippen molar-refractivity contribution in [1.29, 1.82) is 0 Å². The molecule has 3 heterocycles. The molecule has 2 bridgehead atoms. The number of amides is 2. The standard InChI is InChI=1S/C23H25Cl2N3O3S.ClH/c1-31-17-5-2-14(3-6-17)13-32-23-20(15-8-10-28(23)11-9-15)22(30)27-26-21(29)18-7-4-16(24)12-19(18)25;/h2-7,12,15,20,23H,8-11,13H2,1H3,(H,26,29)(H,27,30);1H. The molecule has 2 atom stereocenters. The van der Waals surface area contributed by atoms with Gasteiger partial charge in [0.1, 0.15) is 5.75 Å². The first-order valence-electron chi connectivity index (χ1n) is 10.5. The van der Waals surface area contributed by atoms with Crippen LogP contribution in [0, 0.1) is 11.8 Å². The van der Waals surface area contributed by atoms with Gasteiger partial charge in [-0.1, -0.05) is 35.3 Å². The number of benzene rings is 2. The van der Waals surface area contributed by atoms with Gasteiger partial charge in [0.25, 0.3) is 5.91 Å². The molecule has 3 fully saturated rings. The molecule has 0 aliphatic carbocycles. The normalized spacial score (nSPS) is 23.4. The molecule has 0 aromatic heterocycles. The maximum absolute atomic E-state index is 13.1. The zero-order valence-electron chi connectivity index (χ0n) is 18.1. The van der Waals surface area contributed by atoms with Gasteiger partial charge in [0.05, 0.1) is 29.0 Å². The molecule has 0 radical (unpaired) electrons. The van der Waals surface area contributed by atoms with Crippen molar-refractivity contribution < 1.29 is 14.3 Å². The van der Waals surface area contributed by atoms with E-state index in [4.69, 9.17) is 27.9 Å². The van der Waals surface area contributed by atoms with Gasteiger partial charge >= 0.3 is 0 Å². The first-order chi connectivity index (χ1) is 15.5. The number of nitrogens with zero attached hydrogens (tertiary/aromatic N) is 1. The number of hydrogen-bond acceptors (Lipinski definition) is 5. The van der Waals surface area contributed by atoms with Crippen molar-refractivity contribution in [3.8, 4) is 5.75 Å². The van der Waals surface area contributed by atoms with Crippen molar-refractivity contribution in [3.63, 3.8) is 0 Å². The number of fused-ring (bicyclic) bond motifs is 3. The number of piperidine rings is 3. The molecule has 10 heteroatoms. The number of rotatable bonds is 6. The summed E-state index contributed by atoms with van der Waals surface area (Å²) < 4.78 is 5.23. The van der Waals surface area contributed by atoms with Gasteiger partial charge in [0.2, 0.25) is 5.91 Å². The first-order valence-corrected chi connectivity index (χ1v) is 12.3. The Hall–Kier alpha value is -1.64. The van der Waals surface area contributed by atoms with Crippen molar-refractivity contribution >= 4 is 59.2 Å². The quantitative estimate of drug-likeness (QED) is 0.526. The fourth-order valence-electron chi connectivity index (χ4n) is 4.39. The lowest BCUT2D eigenvalue weighted by Gasteiger charge is -2.49. The predicted octanol–water partition coefficient (Wildman–Crippen LogP) is 4.79. The van der Waals surface area contributed by atoms with Crippen molar-refractivity contribution in [2.24, 2.45) is 11.8 Å². The highest BCUT2D eigenvalue weighted by atomic mass is 35.5. The molecule has 2 amide bonds. The Kier molecular flexibility index (Phi) is 9.18. The van der Waals surface area contributed by atoms with Crippen LogP contribution in [-0.2, 0) is 10.5 Å². The van der Waals surface area contributed by atoms with Crippen molar-refractivity contribution in [2.75, 3.05) is 20.2 Å². The minimum atomic E-state index is -0.469. The fourth-order valence-corrected chi connectivity index (χ4v) is 6.42. The van der Waals surface area contributed by atoms with Gasteiger partial charge < -0.3 is 4.74 Å². The van der Waals surface area contributed by atoms with Gasteiger partial charge in [0, 0.05) is 10.8 Å². The van der Waals surface area contributed by atoms with Gasteiger partial charge in [0.15, 0.2) is 0 Å². The molecule has 33 heavy (non-hydrogen) atoms. The topological polar surface area (TPSA) is 70.7 Å². The molecule has 3 saturated heterocycles. The number of carbonyl (C=O) groups is 2. The highest BCUT2D eigenvalue weighted by molar-refractivity contribution is 7.99. The van der Waals surface area contributed by atoms with Crippen LogP contribution in [0.25, 0.3) is 0 Å². The van der Waals surface area contributed by atoms with E-state index in [0.717, 1.165) is 37.4 Å². The molecule has 0 spiro atoms. The van der Waals surface area contributed by atoms with Gasteiger partial charge in [-0.3, -0.25) is 25.3 Å². The van der Waals surface area contributed by atoms with Crippen LogP contribution in [-0.4, -0.2) is 42.3 Å². The third kappa shape index (κ3) is 6.08. The molecule has 178 valence electrons. The van der Waals surface area contributed by atoms with Crippen LogP contribution in [0.3, 0.4) is 0 Å². The number of thioether (sulfide) groups is 1. The molecule has 3 aliphatic heterocycles. The number of halogens is 3. The maximum Gasteiger partial charge on any atom is 0.271 e. The summed E-state index contributed by atoms with van der Waals surface area (Å²) in [6.07, 6.45) is 1.99. The number of hydrogen-bond donors (Lipinski definition) is 2. The molecule has 3 aliphatic rings. The molecule has 6 nitrogen and oxygen atoms in total. The molecular formula is C23H26Cl3N3O3S. The molecule has 0 saturated carbocycles. The lowest BCUT2D eigenvalue weighted by atomic mass is 9.78. The molecule has 2 aromatic carbocycles. The van der Waals surface area contributed by atoms with Crippen LogP contribution in [0.4, 0.5) is 0 Å². The van der Waals surface area contributed by atoms with E-state index in [1.165, 1.54) is 17.7 Å². The smallest absolute Gasteiger partial charge is 0.271 e. The SMILES string of the molecule is COc1ccc(CSC2C(C(=O)NNC(=O)c3ccc(Cl)cc3Cl)C3CCN2CC3)cc1.Cl. The van der Waals surface area contributed by atoms with Crippen LogP contribution >= 0.6 is 47.4 Å². The molecule has 2 N–H and O–H groups in total. The average Bonchev–Trinajstić information content (AvgIpc) is 2.81. The number of carbonyl (C=O) groups excluding carboxylic acids is 2. The molecule has 2 aromatic rings. The van der Waals surface area contributed by atoms with Gasteiger partial charge in [-0.05, 0) is 67.7 Å². The summed E-state index contributed by atoms with van der Waals surface area (Å²) in [4.78, 5) is 28.0. The van der Waals surface area contributed by atoms with Gasteiger partial charge in [-0.15, -0.1) is 24.2 Å². The molecule has 5 rings (SSSR count). The van der Waals surface area contributed by atoms with Crippen LogP contribution in [0.1, 0.15) is 28.8 Å². The summed E-state index contributed by atoms with van der Waals surface area (Å²) in [6.45, 7) is 2.00. The van der Waals surface area contributed by atoms with Gasteiger partial charge in [-0.2, -0.15) is 0 Å². The van der Waals surface area contributed by atoms with Crippen molar-refractivity contribution in [3.05, 3.63) is 63.6 Å². The van der Waals surface area contributed by atoms with E-state index in [0.29, 0.717) is 10.9 Å². The van der Waals surface area contributed by atoms with E-state index >= 15 is 0 Å². The van der Waals surface area contributed by atoms with Crippen LogP contribution < -0.4 is 15.6 Å². The van der Waals surface area contributed by atoms with E-state index in [2.05, 4.69) is 15.8 Å². The van der Waals surface area contributed by atoms with E-state index in [1.807, 2.05) is 24.3 Å². The lowest BCUT2D eigenvalue weighted by molar-refractivity contribution is -0.133. The Morgan fingerprint density at radius 2 is 1.79 bits per heavy atom. The third-order valence-electron chi connectivity index (χ3n) is 6.11. The van der Waals surface area contributed by atoms with Crippen LogP contribution in [0.2, 0.25) is 10.0 Å². The number of nitrogens with one attached hydrogen (secondary N) is 2. The second kappa shape index (κ2) is 11.7. The Bertz CT molecular complexity index is 985. The zero-order valence-corrected chi connectivity index (χ0v) is 21.2. The van der Waals surface area contributed by atoms with E-state index < -0.39 is 5.91 Å².